The van der Waals surface area contributed by atoms with Crippen LogP contribution < -0.4 is 4.90 Å². The highest BCUT2D eigenvalue weighted by Gasteiger charge is 2.25. The van der Waals surface area contributed by atoms with Gasteiger partial charge in [0, 0.05) is 37.3 Å². The van der Waals surface area contributed by atoms with Gasteiger partial charge in [0.2, 0.25) is 5.91 Å². The van der Waals surface area contributed by atoms with Gasteiger partial charge in [-0.3, -0.25) is 14.9 Å². The van der Waals surface area contributed by atoms with Gasteiger partial charge in [-0.2, -0.15) is 0 Å². The topological polar surface area (TPSA) is 94.2 Å². The Balaban J connectivity index is 1.48. The van der Waals surface area contributed by atoms with E-state index < -0.39 is 4.92 Å². The molecule has 1 aliphatic rings. The van der Waals surface area contributed by atoms with E-state index in [4.69, 9.17) is 0 Å². The molecule has 0 atom stereocenters. The van der Waals surface area contributed by atoms with Crippen LogP contribution in [-0.2, 0) is 24.2 Å². The van der Waals surface area contributed by atoms with Gasteiger partial charge < -0.3 is 9.47 Å². The van der Waals surface area contributed by atoms with Gasteiger partial charge in [0.05, 0.1) is 10.7 Å². The molecule has 2 heterocycles. The number of benzene rings is 2. The van der Waals surface area contributed by atoms with Gasteiger partial charge in [-0.05, 0) is 30.0 Å². The number of anilines is 1. The molecule has 0 spiro atoms. The van der Waals surface area contributed by atoms with E-state index in [0.717, 1.165) is 35.5 Å². The highest BCUT2D eigenvalue weighted by atomic mass is 32.2. The molecule has 2 aromatic carbocycles. The van der Waals surface area contributed by atoms with Crippen molar-refractivity contribution in [3.05, 3.63) is 88.3 Å². The van der Waals surface area contributed by atoms with Crippen LogP contribution in [0.15, 0.2) is 66.3 Å². The van der Waals surface area contributed by atoms with Gasteiger partial charge in [0.25, 0.3) is 5.69 Å². The average molecular weight is 450 g/mol. The molecule has 0 radical (unpaired) electrons. The third-order valence-corrected chi connectivity index (χ3v) is 6.28. The molecule has 0 saturated heterocycles. The van der Waals surface area contributed by atoms with Crippen molar-refractivity contribution in [2.75, 3.05) is 17.2 Å². The first-order chi connectivity index (χ1) is 15.6. The van der Waals surface area contributed by atoms with Gasteiger partial charge in [-0.25, -0.2) is 0 Å². The molecule has 0 saturated carbocycles. The number of aryl methyl sites for hydroxylation is 1. The number of rotatable bonds is 8. The molecule has 9 heteroatoms. The Morgan fingerprint density at radius 3 is 2.78 bits per heavy atom. The number of hydrogen-bond acceptors (Lipinski definition) is 6. The molecule has 0 N–H and O–H groups in total. The number of thioether (sulfide) groups is 1. The first kappa shape index (κ1) is 21.8. The van der Waals surface area contributed by atoms with Crippen LogP contribution in [0.2, 0.25) is 0 Å². The highest BCUT2D eigenvalue weighted by Crippen LogP contribution is 2.31. The van der Waals surface area contributed by atoms with Gasteiger partial charge in [0.1, 0.15) is 5.82 Å². The molecular formula is C23H23N5O3S. The lowest BCUT2D eigenvalue weighted by atomic mass is 10.0. The second-order valence-electron chi connectivity index (χ2n) is 7.47. The summed E-state index contributed by atoms with van der Waals surface area (Å²) in [5, 5.41) is 20.4. The quantitative estimate of drug-likeness (QED) is 0.223. The lowest BCUT2D eigenvalue weighted by molar-refractivity contribution is -0.384. The first-order valence-corrected chi connectivity index (χ1v) is 11.3. The Labute approximate surface area is 190 Å². The van der Waals surface area contributed by atoms with Crippen molar-refractivity contribution < 1.29 is 9.72 Å². The van der Waals surface area contributed by atoms with Crippen molar-refractivity contribution >= 4 is 29.0 Å². The van der Waals surface area contributed by atoms with Crippen molar-refractivity contribution in [1.29, 1.82) is 0 Å². The SMILES string of the molecule is C=CCn1c(Cc2ccccc2)nnc1SCC(=O)N1CCCc2cc([N+](=O)[O-])ccc21. The maximum Gasteiger partial charge on any atom is 0.269 e. The predicted molar refractivity (Wildman–Crippen MR) is 124 cm³/mol. The number of hydrogen-bond donors (Lipinski definition) is 0. The molecule has 32 heavy (non-hydrogen) atoms. The van der Waals surface area contributed by atoms with E-state index in [1.54, 1.807) is 23.1 Å². The molecule has 164 valence electrons. The number of carbonyl (C=O) groups is 1. The molecule has 4 rings (SSSR count). The molecular weight excluding hydrogens is 426 g/mol. The fraction of sp³-hybridized carbons (Fsp3) is 0.261. The second-order valence-corrected chi connectivity index (χ2v) is 8.41. The maximum atomic E-state index is 13.0. The number of fused-ring (bicyclic) bond motifs is 1. The zero-order valence-electron chi connectivity index (χ0n) is 17.5. The van der Waals surface area contributed by atoms with Crippen LogP contribution >= 0.6 is 11.8 Å². The predicted octanol–water partition coefficient (Wildman–Crippen LogP) is 4.03. The fourth-order valence-electron chi connectivity index (χ4n) is 3.81. The summed E-state index contributed by atoms with van der Waals surface area (Å²) in [7, 11) is 0. The standard InChI is InChI=1S/C23H23N5O3S/c1-2-12-27-21(14-17-7-4-3-5-8-17)24-25-23(27)32-16-22(29)26-13-6-9-18-15-19(28(30)31)10-11-20(18)26/h2-5,7-8,10-11,15H,1,6,9,12-14,16H2. The van der Waals surface area contributed by atoms with Crippen molar-refractivity contribution in [2.45, 2.75) is 31.0 Å². The van der Waals surface area contributed by atoms with Crippen LogP contribution in [0, 0.1) is 10.1 Å². The third-order valence-electron chi connectivity index (χ3n) is 5.33. The Morgan fingerprint density at radius 2 is 2.03 bits per heavy atom. The molecule has 1 aliphatic heterocycles. The number of allylic oxidation sites excluding steroid dienone is 1. The molecule has 0 bridgehead atoms. The van der Waals surface area contributed by atoms with Crippen molar-refractivity contribution in [3.8, 4) is 0 Å². The van der Waals surface area contributed by atoms with Crippen LogP contribution in [0.5, 0.6) is 0 Å². The van der Waals surface area contributed by atoms with E-state index in [2.05, 4.69) is 16.8 Å². The number of aromatic nitrogens is 3. The van der Waals surface area contributed by atoms with Gasteiger partial charge in [0.15, 0.2) is 5.16 Å². The zero-order chi connectivity index (χ0) is 22.5. The van der Waals surface area contributed by atoms with E-state index >= 15 is 0 Å². The molecule has 8 nitrogen and oxygen atoms in total. The number of nitro benzene ring substituents is 1. The van der Waals surface area contributed by atoms with Crippen molar-refractivity contribution in [1.82, 2.24) is 14.8 Å². The zero-order valence-corrected chi connectivity index (χ0v) is 18.3. The second kappa shape index (κ2) is 9.78. The lowest BCUT2D eigenvalue weighted by Gasteiger charge is -2.29. The van der Waals surface area contributed by atoms with E-state index in [1.807, 2.05) is 34.9 Å². The Hall–Kier alpha value is -3.46. The van der Waals surface area contributed by atoms with Crippen molar-refractivity contribution in [2.24, 2.45) is 0 Å². The van der Waals surface area contributed by atoms with Crippen LogP contribution in [0.4, 0.5) is 11.4 Å². The highest BCUT2D eigenvalue weighted by molar-refractivity contribution is 7.99. The molecule has 0 unspecified atom stereocenters. The molecule has 1 aromatic heterocycles. The summed E-state index contributed by atoms with van der Waals surface area (Å²) in [6, 6.07) is 14.7. The molecule has 0 fully saturated rings. The minimum Gasteiger partial charge on any atom is -0.311 e. The normalized spacial score (nSPS) is 12.9. The summed E-state index contributed by atoms with van der Waals surface area (Å²) < 4.78 is 1.98. The number of non-ortho nitro benzene ring substituents is 1. The summed E-state index contributed by atoms with van der Waals surface area (Å²) >= 11 is 1.34. The summed E-state index contributed by atoms with van der Waals surface area (Å²) in [6.07, 6.45) is 3.94. The maximum absolute atomic E-state index is 13.0. The first-order valence-electron chi connectivity index (χ1n) is 10.3. The summed E-state index contributed by atoms with van der Waals surface area (Å²) in [4.78, 5) is 25.4. The summed E-state index contributed by atoms with van der Waals surface area (Å²) in [5.74, 6) is 0.973. The Kier molecular flexibility index (Phi) is 6.65. The van der Waals surface area contributed by atoms with E-state index in [0.29, 0.717) is 24.7 Å². The number of nitrogens with zero attached hydrogens (tertiary/aromatic N) is 5. The minimum atomic E-state index is -0.406. The van der Waals surface area contributed by atoms with Crippen LogP contribution in [-0.4, -0.2) is 37.9 Å². The monoisotopic (exact) mass is 449 g/mol. The average Bonchev–Trinajstić information content (AvgIpc) is 3.18. The molecule has 3 aromatic rings. The minimum absolute atomic E-state index is 0.0518. The third kappa shape index (κ3) is 4.72. The van der Waals surface area contributed by atoms with E-state index in [1.165, 1.54) is 17.8 Å². The Bertz CT molecular complexity index is 1150. The van der Waals surface area contributed by atoms with Gasteiger partial charge in [-0.1, -0.05) is 48.2 Å². The smallest absolute Gasteiger partial charge is 0.269 e. The van der Waals surface area contributed by atoms with Gasteiger partial charge in [-0.15, -0.1) is 16.8 Å². The number of carbonyl (C=O) groups excluding carboxylic acids is 1. The number of amides is 1. The van der Waals surface area contributed by atoms with Crippen LogP contribution in [0.1, 0.15) is 23.4 Å². The lowest BCUT2D eigenvalue weighted by Crippen LogP contribution is -2.36. The Morgan fingerprint density at radius 1 is 1.22 bits per heavy atom. The number of nitro groups is 1. The van der Waals surface area contributed by atoms with Gasteiger partial charge >= 0.3 is 0 Å². The molecule has 0 aliphatic carbocycles. The summed E-state index contributed by atoms with van der Waals surface area (Å²) in [5.41, 5.74) is 2.78. The molecule has 1 amide bonds. The van der Waals surface area contributed by atoms with Crippen LogP contribution in [0.25, 0.3) is 0 Å². The van der Waals surface area contributed by atoms with Crippen LogP contribution in [0.3, 0.4) is 0 Å². The largest absolute Gasteiger partial charge is 0.311 e. The van der Waals surface area contributed by atoms with E-state index in [9.17, 15) is 14.9 Å². The summed E-state index contributed by atoms with van der Waals surface area (Å²) in [6.45, 7) is 4.99. The fourth-order valence-corrected chi connectivity index (χ4v) is 4.65. The van der Waals surface area contributed by atoms with E-state index in [-0.39, 0.29) is 17.3 Å². The van der Waals surface area contributed by atoms with Crippen molar-refractivity contribution in [3.63, 3.8) is 0 Å².